The highest BCUT2D eigenvalue weighted by molar-refractivity contribution is 7.98. The summed E-state index contributed by atoms with van der Waals surface area (Å²) in [6.45, 7) is 3.52. The highest BCUT2D eigenvalue weighted by atomic mass is 32.2. The number of ketones is 1. The van der Waals surface area contributed by atoms with Gasteiger partial charge in [-0.15, -0.1) is 0 Å². The van der Waals surface area contributed by atoms with Crippen LogP contribution in [-0.4, -0.2) is 42.8 Å². The Labute approximate surface area is 73.3 Å². The van der Waals surface area contributed by atoms with Gasteiger partial charge in [-0.1, -0.05) is 6.92 Å². The van der Waals surface area contributed by atoms with Crippen LogP contribution in [0.2, 0.25) is 0 Å². The van der Waals surface area contributed by atoms with Crippen LogP contribution in [0.5, 0.6) is 0 Å². The zero-order valence-electron chi connectivity index (χ0n) is 7.59. The van der Waals surface area contributed by atoms with E-state index in [1.165, 1.54) is 0 Å². The minimum Gasteiger partial charge on any atom is -0.298 e. The maximum Gasteiger partial charge on any atom is 0.146 e. The fourth-order valence-corrected chi connectivity index (χ4v) is 1.23. The zero-order valence-corrected chi connectivity index (χ0v) is 8.41. The lowest BCUT2D eigenvalue weighted by atomic mass is 10.3. The van der Waals surface area contributed by atoms with Gasteiger partial charge in [-0.25, -0.2) is 0 Å². The molecule has 0 aliphatic heterocycles. The molecule has 66 valence electrons. The third-order valence-electron chi connectivity index (χ3n) is 1.52. The molecule has 0 saturated carbocycles. The summed E-state index contributed by atoms with van der Waals surface area (Å²) in [5.74, 6) is 1.43. The summed E-state index contributed by atoms with van der Waals surface area (Å²) in [6.07, 6.45) is 2.74. The van der Waals surface area contributed by atoms with Crippen molar-refractivity contribution in [2.75, 3.05) is 32.1 Å². The Morgan fingerprint density at radius 3 is 2.64 bits per heavy atom. The number of carbonyl (C=O) groups is 1. The monoisotopic (exact) mass is 175 g/mol. The van der Waals surface area contributed by atoms with Crippen LogP contribution < -0.4 is 0 Å². The molecular weight excluding hydrogens is 158 g/mol. The number of likely N-dealkylation sites (N-methyl/N-ethyl adjacent to an activating group) is 1. The fourth-order valence-electron chi connectivity index (χ4n) is 0.739. The summed E-state index contributed by atoms with van der Waals surface area (Å²) in [5, 5.41) is 0. The maximum atomic E-state index is 10.9. The van der Waals surface area contributed by atoms with Gasteiger partial charge >= 0.3 is 0 Å². The van der Waals surface area contributed by atoms with Gasteiger partial charge in [0.15, 0.2) is 0 Å². The summed E-state index contributed by atoms with van der Waals surface area (Å²) >= 11 is 1.81. The summed E-state index contributed by atoms with van der Waals surface area (Å²) in [7, 11) is 1.99. The SMILES string of the molecule is CCC(=O)CN(C)CCSC. The Morgan fingerprint density at radius 2 is 2.18 bits per heavy atom. The predicted molar refractivity (Wildman–Crippen MR) is 51.2 cm³/mol. The van der Waals surface area contributed by atoms with Crippen LogP contribution in [0.3, 0.4) is 0 Å². The first-order valence-corrected chi connectivity index (χ1v) is 5.29. The van der Waals surface area contributed by atoms with Crippen LogP contribution in [0.15, 0.2) is 0 Å². The first-order valence-electron chi connectivity index (χ1n) is 3.89. The van der Waals surface area contributed by atoms with Crippen molar-refractivity contribution in [2.24, 2.45) is 0 Å². The van der Waals surface area contributed by atoms with E-state index >= 15 is 0 Å². The molecule has 0 amide bonds. The molecule has 0 rings (SSSR count). The number of nitrogens with zero attached hydrogens (tertiary/aromatic N) is 1. The lowest BCUT2D eigenvalue weighted by molar-refractivity contribution is -0.119. The molecule has 2 nitrogen and oxygen atoms in total. The maximum absolute atomic E-state index is 10.9. The van der Waals surface area contributed by atoms with Gasteiger partial charge in [0.1, 0.15) is 5.78 Å². The van der Waals surface area contributed by atoms with Gasteiger partial charge in [0.25, 0.3) is 0 Å². The van der Waals surface area contributed by atoms with Gasteiger partial charge in [0.05, 0.1) is 6.54 Å². The average molecular weight is 175 g/mol. The van der Waals surface area contributed by atoms with Gasteiger partial charge in [-0.2, -0.15) is 11.8 Å². The number of carbonyl (C=O) groups excluding carboxylic acids is 1. The van der Waals surface area contributed by atoms with E-state index < -0.39 is 0 Å². The molecule has 0 atom stereocenters. The highest BCUT2D eigenvalue weighted by Crippen LogP contribution is 1.93. The van der Waals surface area contributed by atoms with Crippen molar-refractivity contribution in [3.05, 3.63) is 0 Å². The van der Waals surface area contributed by atoms with Crippen molar-refractivity contribution >= 4 is 17.5 Å². The van der Waals surface area contributed by atoms with E-state index in [0.717, 1.165) is 12.3 Å². The van der Waals surface area contributed by atoms with E-state index in [2.05, 4.69) is 11.2 Å². The van der Waals surface area contributed by atoms with Crippen LogP contribution in [0.1, 0.15) is 13.3 Å². The minimum atomic E-state index is 0.327. The van der Waals surface area contributed by atoms with Gasteiger partial charge in [0.2, 0.25) is 0 Å². The molecule has 0 heterocycles. The summed E-state index contributed by atoms with van der Waals surface area (Å²) in [5.41, 5.74) is 0. The van der Waals surface area contributed by atoms with E-state index in [9.17, 15) is 4.79 Å². The number of rotatable bonds is 6. The zero-order chi connectivity index (χ0) is 8.69. The van der Waals surface area contributed by atoms with Gasteiger partial charge < -0.3 is 0 Å². The Kier molecular flexibility index (Phi) is 6.66. The molecule has 0 unspecified atom stereocenters. The first-order chi connectivity index (χ1) is 5.20. The molecule has 0 N–H and O–H groups in total. The second kappa shape index (κ2) is 6.68. The Balaban J connectivity index is 3.35. The number of Topliss-reactive ketones (excluding diaryl/α,β-unsaturated/α-hetero) is 1. The third kappa shape index (κ3) is 6.38. The molecule has 0 radical (unpaired) electrons. The normalized spacial score (nSPS) is 10.5. The average Bonchev–Trinajstić information content (AvgIpc) is 2.00. The topological polar surface area (TPSA) is 20.3 Å². The smallest absolute Gasteiger partial charge is 0.146 e. The Morgan fingerprint density at radius 1 is 1.55 bits per heavy atom. The van der Waals surface area contributed by atoms with Crippen LogP contribution in [0.25, 0.3) is 0 Å². The van der Waals surface area contributed by atoms with Crippen molar-refractivity contribution in [3.8, 4) is 0 Å². The van der Waals surface area contributed by atoms with E-state index in [0.29, 0.717) is 18.7 Å². The number of thioether (sulfide) groups is 1. The van der Waals surface area contributed by atoms with Crippen LogP contribution in [0, 0.1) is 0 Å². The van der Waals surface area contributed by atoms with Crippen molar-refractivity contribution < 1.29 is 4.79 Å². The van der Waals surface area contributed by atoms with Crippen molar-refractivity contribution in [1.29, 1.82) is 0 Å². The molecule has 0 aromatic rings. The van der Waals surface area contributed by atoms with E-state index in [-0.39, 0.29) is 0 Å². The largest absolute Gasteiger partial charge is 0.298 e. The first kappa shape index (κ1) is 11.0. The second-order valence-electron chi connectivity index (χ2n) is 2.62. The molecule has 0 bridgehead atoms. The molecule has 0 saturated heterocycles. The highest BCUT2D eigenvalue weighted by Gasteiger charge is 2.02. The van der Waals surface area contributed by atoms with Crippen molar-refractivity contribution in [3.63, 3.8) is 0 Å². The molecular formula is C8H17NOS. The molecule has 0 aromatic carbocycles. The fraction of sp³-hybridized carbons (Fsp3) is 0.875. The van der Waals surface area contributed by atoms with E-state index in [1.807, 2.05) is 25.7 Å². The van der Waals surface area contributed by atoms with Gasteiger partial charge in [-0.05, 0) is 13.3 Å². The van der Waals surface area contributed by atoms with E-state index in [1.54, 1.807) is 0 Å². The molecule has 0 fully saturated rings. The number of hydrogen-bond acceptors (Lipinski definition) is 3. The third-order valence-corrected chi connectivity index (χ3v) is 2.11. The molecule has 0 aliphatic carbocycles. The van der Waals surface area contributed by atoms with Crippen LogP contribution in [-0.2, 0) is 4.79 Å². The second-order valence-corrected chi connectivity index (χ2v) is 3.61. The summed E-state index contributed by atoms with van der Waals surface area (Å²) in [4.78, 5) is 13.0. The molecule has 11 heavy (non-hydrogen) atoms. The quantitative estimate of drug-likeness (QED) is 0.606. The van der Waals surface area contributed by atoms with Gasteiger partial charge in [-0.3, -0.25) is 9.69 Å². The predicted octanol–water partition coefficient (Wildman–Crippen LogP) is 1.26. The Hall–Kier alpha value is -0.0200. The van der Waals surface area contributed by atoms with Crippen LogP contribution >= 0.6 is 11.8 Å². The molecule has 0 aliphatic rings. The van der Waals surface area contributed by atoms with Crippen molar-refractivity contribution in [1.82, 2.24) is 4.90 Å². The minimum absolute atomic E-state index is 0.327. The summed E-state index contributed by atoms with van der Waals surface area (Å²) < 4.78 is 0. The molecule has 3 heteroatoms. The molecule has 0 spiro atoms. The van der Waals surface area contributed by atoms with Gasteiger partial charge in [0, 0.05) is 18.7 Å². The lowest BCUT2D eigenvalue weighted by Crippen LogP contribution is -2.27. The molecule has 0 aromatic heterocycles. The Bertz CT molecular complexity index is 117. The van der Waals surface area contributed by atoms with Crippen molar-refractivity contribution in [2.45, 2.75) is 13.3 Å². The summed E-state index contributed by atoms with van der Waals surface area (Å²) in [6, 6.07) is 0. The standard InChI is InChI=1S/C8H17NOS/c1-4-8(10)7-9(2)5-6-11-3/h4-7H2,1-3H3. The van der Waals surface area contributed by atoms with Crippen LogP contribution in [0.4, 0.5) is 0 Å². The lowest BCUT2D eigenvalue weighted by Gasteiger charge is -2.13. The van der Waals surface area contributed by atoms with E-state index in [4.69, 9.17) is 0 Å². The number of hydrogen-bond donors (Lipinski definition) is 0.